The summed E-state index contributed by atoms with van der Waals surface area (Å²) in [6, 6.07) is 1.30. The van der Waals surface area contributed by atoms with Crippen LogP contribution in [0, 0.1) is 0 Å². The van der Waals surface area contributed by atoms with E-state index in [1.807, 2.05) is 0 Å². The molecule has 4 heteroatoms. The van der Waals surface area contributed by atoms with Gasteiger partial charge in [-0.15, -0.1) is 0 Å². The highest BCUT2D eigenvalue weighted by Crippen LogP contribution is 2.14. The summed E-state index contributed by atoms with van der Waals surface area (Å²) in [6.07, 6.45) is 0. The minimum Gasteiger partial charge on any atom is -0.379 e. The number of nitrogens with zero attached hydrogens (tertiary/aromatic N) is 3. The van der Waals surface area contributed by atoms with Crippen molar-refractivity contribution < 1.29 is 4.74 Å². The Kier molecular flexibility index (Phi) is 4.79. The number of likely N-dealkylation sites (N-methyl/N-ethyl adjacent to an activating group) is 1. The van der Waals surface area contributed by atoms with E-state index in [1.165, 1.54) is 26.2 Å². The van der Waals surface area contributed by atoms with Gasteiger partial charge in [-0.25, -0.2) is 0 Å². The van der Waals surface area contributed by atoms with Crippen LogP contribution in [-0.2, 0) is 4.74 Å². The van der Waals surface area contributed by atoms with Crippen molar-refractivity contribution in [3.05, 3.63) is 0 Å². The first-order valence-electron chi connectivity index (χ1n) is 6.93. The monoisotopic (exact) mass is 241 g/mol. The van der Waals surface area contributed by atoms with E-state index in [0.717, 1.165) is 26.3 Å². The smallest absolute Gasteiger partial charge is 0.0594 e. The maximum atomic E-state index is 5.43. The molecule has 0 aromatic heterocycles. The first kappa shape index (κ1) is 13.3. The van der Waals surface area contributed by atoms with Crippen molar-refractivity contribution in [1.29, 1.82) is 0 Å². The number of hydrogen-bond acceptors (Lipinski definition) is 4. The van der Waals surface area contributed by atoms with Gasteiger partial charge in [0.2, 0.25) is 0 Å². The molecular formula is C13H27N3O. The average Bonchev–Trinajstić information content (AvgIpc) is 2.39. The number of ether oxygens (including phenoxy) is 1. The Labute approximate surface area is 105 Å². The first-order chi connectivity index (χ1) is 8.18. The van der Waals surface area contributed by atoms with Crippen LogP contribution in [0.4, 0.5) is 0 Å². The third kappa shape index (κ3) is 3.41. The van der Waals surface area contributed by atoms with Crippen molar-refractivity contribution >= 4 is 0 Å². The molecule has 2 unspecified atom stereocenters. The van der Waals surface area contributed by atoms with Crippen LogP contribution in [0.25, 0.3) is 0 Å². The van der Waals surface area contributed by atoms with Gasteiger partial charge in [-0.05, 0) is 20.9 Å². The van der Waals surface area contributed by atoms with Gasteiger partial charge < -0.3 is 9.64 Å². The topological polar surface area (TPSA) is 19.0 Å². The zero-order valence-electron chi connectivity index (χ0n) is 11.6. The van der Waals surface area contributed by atoms with Crippen LogP contribution in [0.5, 0.6) is 0 Å². The lowest BCUT2D eigenvalue weighted by atomic mass is 10.1. The number of rotatable bonds is 3. The number of hydrogen-bond donors (Lipinski definition) is 0. The molecule has 2 saturated heterocycles. The normalized spacial score (nSPS) is 29.1. The number of morpholine rings is 1. The molecule has 100 valence electrons. The molecule has 0 aromatic carbocycles. The van der Waals surface area contributed by atoms with E-state index in [1.54, 1.807) is 0 Å². The van der Waals surface area contributed by atoms with Gasteiger partial charge >= 0.3 is 0 Å². The summed E-state index contributed by atoms with van der Waals surface area (Å²) >= 11 is 0. The Morgan fingerprint density at radius 3 is 1.76 bits per heavy atom. The molecule has 2 aliphatic rings. The summed E-state index contributed by atoms with van der Waals surface area (Å²) in [5, 5.41) is 0. The molecule has 0 aliphatic carbocycles. The molecule has 0 spiro atoms. The third-order valence-corrected chi connectivity index (χ3v) is 4.43. The minimum absolute atomic E-state index is 0.641. The maximum absolute atomic E-state index is 5.43. The Balaban J connectivity index is 1.83. The summed E-state index contributed by atoms with van der Waals surface area (Å²) in [7, 11) is 2.22. The Bertz CT molecular complexity index is 223. The second-order valence-electron chi connectivity index (χ2n) is 5.47. The standard InChI is InChI=1S/C13H27N3O/c1-12(15-6-4-14(3)5-7-15)13(2)16-8-10-17-11-9-16/h12-13H,4-11H2,1-3H3. The third-order valence-electron chi connectivity index (χ3n) is 4.43. The highest BCUT2D eigenvalue weighted by molar-refractivity contribution is 4.84. The van der Waals surface area contributed by atoms with Crippen LogP contribution in [-0.4, -0.2) is 86.3 Å². The van der Waals surface area contributed by atoms with Crippen molar-refractivity contribution in [3.8, 4) is 0 Å². The highest BCUT2D eigenvalue weighted by atomic mass is 16.5. The molecule has 0 aromatic rings. The van der Waals surface area contributed by atoms with Gasteiger partial charge in [0.05, 0.1) is 13.2 Å². The van der Waals surface area contributed by atoms with E-state index < -0.39 is 0 Å². The zero-order chi connectivity index (χ0) is 12.3. The lowest BCUT2D eigenvalue weighted by molar-refractivity contribution is -0.00746. The lowest BCUT2D eigenvalue weighted by Gasteiger charge is -2.43. The van der Waals surface area contributed by atoms with Crippen LogP contribution in [0.1, 0.15) is 13.8 Å². The summed E-state index contributed by atoms with van der Waals surface area (Å²) in [5.74, 6) is 0. The fourth-order valence-electron chi connectivity index (χ4n) is 2.82. The van der Waals surface area contributed by atoms with Gasteiger partial charge in [0.1, 0.15) is 0 Å². The summed E-state index contributed by atoms with van der Waals surface area (Å²) in [4.78, 5) is 7.63. The molecule has 0 bridgehead atoms. The SMILES string of the molecule is CC(C(C)N1CCN(C)CC1)N1CCOCC1. The van der Waals surface area contributed by atoms with Crippen LogP contribution < -0.4 is 0 Å². The van der Waals surface area contributed by atoms with Crippen LogP contribution in [0.15, 0.2) is 0 Å². The van der Waals surface area contributed by atoms with Gasteiger partial charge in [0, 0.05) is 51.4 Å². The molecule has 2 rings (SSSR count). The van der Waals surface area contributed by atoms with E-state index in [0.29, 0.717) is 12.1 Å². The first-order valence-corrected chi connectivity index (χ1v) is 6.93. The molecule has 0 radical (unpaired) electrons. The quantitative estimate of drug-likeness (QED) is 0.709. The Morgan fingerprint density at radius 1 is 0.765 bits per heavy atom. The predicted octanol–water partition coefficient (Wildman–Crippen LogP) is 0.343. The molecule has 0 saturated carbocycles. The van der Waals surface area contributed by atoms with Gasteiger partial charge in [0.25, 0.3) is 0 Å². The fraction of sp³-hybridized carbons (Fsp3) is 1.00. The zero-order valence-corrected chi connectivity index (χ0v) is 11.6. The number of piperazine rings is 1. The van der Waals surface area contributed by atoms with Gasteiger partial charge in [-0.3, -0.25) is 9.80 Å². The van der Waals surface area contributed by atoms with Gasteiger partial charge in [0.15, 0.2) is 0 Å². The molecule has 2 heterocycles. The molecular weight excluding hydrogens is 214 g/mol. The Hall–Kier alpha value is -0.160. The largest absolute Gasteiger partial charge is 0.379 e. The second kappa shape index (κ2) is 6.14. The molecule has 2 atom stereocenters. The van der Waals surface area contributed by atoms with Gasteiger partial charge in [-0.1, -0.05) is 0 Å². The van der Waals surface area contributed by atoms with E-state index >= 15 is 0 Å². The molecule has 0 amide bonds. The van der Waals surface area contributed by atoms with Crippen LogP contribution >= 0.6 is 0 Å². The average molecular weight is 241 g/mol. The molecule has 0 N–H and O–H groups in total. The predicted molar refractivity (Wildman–Crippen MR) is 70.4 cm³/mol. The molecule has 4 nitrogen and oxygen atoms in total. The van der Waals surface area contributed by atoms with Crippen LogP contribution in [0.3, 0.4) is 0 Å². The van der Waals surface area contributed by atoms with Crippen molar-refractivity contribution in [2.75, 3.05) is 59.5 Å². The van der Waals surface area contributed by atoms with E-state index in [2.05, 4.69) is 35.6 Å². The fourth-order valence-corrected chi connectivity index (χ4v) is 2.82. The molecule has 2 fully saturated rings. The van der Waals surface area contributed by atoms with E-state index in [4.69, 9.17) is 4.74 Å². The van der Waals surface area contributed by atoms with Crippen molar-refractivity contribution in [1.82, 2.24) is 14.7 Å². The van der Waals surface area contributed by atoms with Crippen molar-refractivity contribution in [2.45, 2.75) is 25.9 Å². The van der Waals surface area contributed by atoms with E-state index in [9.17, 15) is 0 Å². The summed E-state index contributed by atoms with van der Waals surface area (Å²) < 4.78 is 5.43. The Morgan fingerprint density at radius 2 is 1.24 bits per heavy atom. The second-order valence-corrected chi connectivity index (χ2v) is 5.47. The van der Waals surface area contributed by atoms with Crippen molar-refractivity contribution in [2.24, 2.45) is 0 Å². The summed E-state index contributed by atoms with van der Waals surface area (Å²) in [6.45, 7) is 13.6. The van der Waals surface area contributed by atoms with Crippen LogP contribution in [0.2, 0.25) is 0 Å². The minimum atomic E-state index is 0.641. The van der Waals surface area contributed by atoms with Gasteiger partial charge in [-0.2, -0.15) is 0 Å². The maximum Gasteiger partial charge on any atom is 0.0594 e. The summed E-state index contributed by atoms with van der Waals surface area (Å²) in [5.41, 5.74) is 0. The molecule has 17 heavy (non-hydrogen) atoms. The molecule has 2 aliphatic heterocycles. The highest BCUT2D eigenvalue weighted by Gasteiger charge is 2.27. The van der Waals surface area contributed by atoms with Crippen molar-refractivity contribution in [3.63, 3.8) is 0 Å². The lowest BCUT2D eigenvalue weighted by Crippen LogP contribution is -2.56. The van der Waals surface area contributed by atoms with E-state index in [-0.39, 0.29) is 0 Å².